The van der Waals surface area contributed by atoms with E-state index in [1.54, 1.807) is 7.11 Å². The lowest BCUT2D eigenvalue weighted by Gasteiger charge is -2.40. The molecule has 25 heavy (non-hydrogen) atoms. The molecule has 2 aromatic carbocycles. The highest BCUT2D eigenvalue weighted by Crippen LogP contribution is 2.35. The van der Waals surface area contributed by atoms with Gasteiger partial charge in [-0.3, -0.25) is 4.90 Å². The van der Waals surface area contributed by atoms with Crippen LogP contribution in [0.5, 0.6) is 5.75 Å². The van der Waals surface area contributed by atoms with Crippen LogP contribution in [0.1, 0.15) is 23.5 Å². The van der Waals surface area contributed by atoms with Crippen LogP contribution in [0.2, 0.25) is 0 Å². The van der Waals surface area contributed by atoms with Crippen molar-refractivity contribution in [3.63, 3.8) is 0 Å². The van der Waals surface area contributed by atoms with Gasteiger partial charge in [-0.05, 0) is 62.2 Å². The molecule has 0 bridgehead atoms. The Labute approximate surface area is 152 Å². The van der Waals surface area contributed by atoms with E-state index < -0.39 is 0 Å². The fraction of sp³-hybridized carbons (Fsp3) is 0.455. The normalized spacial score (nSPS) is 21.4. The summed E-state index contributed by atoms with van der Waals surface area (Å²) in [4.78, 5) is 4.93. The second-order valence-corrected chi connectivity index (χ2v) is 7.41. The van der Waals surface area contributed by atoms with Crippen molar-refractivity contribution >= 4 is 0 Å². The van der Waals surface area contributed by atoms with Gasteiger partial charge in [-0.25, -0.2) is 0 Å². The molecule has 2 aromatic rings. The van der Waals surface area contributed by atoms with Gasteiger partial charge in [-0.2, -0.15) is 0 Å². The summed E-state index contributed by atoms with van der Waals surface area (Å²) in [6.45, 7) is 4.47. The third kappa shape index (κ3) is 4.83. The average molecular weight is 338 g/mol. The summed E-state index contributed by atoms with van der Waals surface area (Å²) in [5.41, 5.74) is 2.83. The van der Waals surface area contributed by atoms with E-state index in [1.165, 1.54) is 17.5 Å². The Hall–Kier alpha value is -1.84. The minimum Gasteiger partial charge on any atom is -0.497 e. The van der Waals surface area contributed by atoms with Gasteiger partial charge in [0.05, 0.1) is 7.11 Å². The third-order valence-corrected chi connectivity index (χ3v) is 5.19. The van der Waals surface area contributed by atoms with Crippen LogP contribution in [0.15, 0.2) is 54.6 Å². The molecule has 3 heteroatoms. The van der Waals surface area contributed by atoms with Crippen molar-refractivity contribution in [3.8, 4) is 5.75 Å². The molecule has 3 rings (SSSR count). The predicted octanol–water partition coefficient (Wildman–Crippen LogP) is 3.86. The molecule has 0 radical (unpaired) electrons. The Bertz CT molecular complexity index is 656. The first-order valence-corrected chi connectivity index (χ1v) is 9.20. The first-order chi connectivity index (χ1) is 12.2. The minimum absolute atomic E-state index is 0.601. The van der Waals surface area contributed by atoms with Gasteiger partial charge in [-0.1, -0.05) is 42.5 Å². The number of piperidine rings is 1. The van der Waals surface area contributed by atoms with Gasteiger partial charge in [0.15, 0.2) is 0 Å². The van der Waals surface area contributed by atoms with Crippen molar-refractivity contribution in [1.82, 2.24) is 9.80 Å². The molecule has 1 heterocycles. The number of nitrogens with zero attached hydrogens (tertiary/aromatic N) is 2. The molecule has 134 valence electrons. The fourth-order valence-corrected chi connectivity index (χ4v) is 4.06. The van der Waals surface area contributed by atoms with Gasteiger partial charge in [0.2, 0.25) is 0 Å². The largest absolute Gasteiger partial charge is 0.497 e. The second-order valence-electron chi connectivity index (χ2n) is 7.41. The SMILES string of the molecule is COc1cccc(C2CCN(Cc3ccccc3)CC2CN(C)C)c1. The molecule has 0 amide bonds. The van der Waals surface area contributed by atoms with Crippen LogP contribution in [0.4, 0.5) is 0 Å². The first-order valence-electron chi connectivity index (χ1n) is 9.20. The van der Waals surface area contributed by atoms with Crippen LogP contribution >= 0.6 is 0 Å². The van der Waals surface area contributed by atoms with Crippen LogP contribution in [-0.4, -0.2) is 50.6 Å². The zero-order valence-corrected chi connectivity index (χ0v) is 15.7. The maximum atomic E-state index is 5.44. The van der Waals surface area contributed by atoms with E-state index in [0.717, 1.165) is 31.9 Å². The topological polar surface area (TPSA) is 15.7 Å². The molecule has 0 spiro atoms. The van der Waals surface area contributed by atoms with Gasteiger partial charge in [0.1, 0.15) is 5.75 Å². The lowest BCUT2D eigenvalue weighted by molar-refractivity contribution is 0.125. The molecule has 0 aromatic heterocycles. The van der Waals surface area contributed by atoms with E-state index in [0.29, 0.717) is 11.8 Å². The fourth-order valence-electron chi connectivity index (χ4n) is 4.06. The van der Waals surface area contributed by atoms with E-state index in [4.69, 9.17) is 4.74 Å². The van der Waals surface area contributed by atoms with E-state index in [2.05, 4.69) is 72.4 Å². The molecule has 1 aliphatic rings. The lowest BCUT2D eigenvalue weighted by Crippen LogP contribution is -2.43. The number of rotatable bonds is 6. The van der Waals surface area contributed by atoms with Gasteiger partial charge in [0, 0.05) is 19.6 Å². The molecule has 1 saturated heterocycles. The highest BCUT2D eigenvalue weighted by atomic mass is 16.5. The number of ether oxygens (including phenoxy) is 1. The van der Waals surface area contributed by atoms with Crippen LogP contribution in [0, 0.1) is 5.92 Å². The van der Waals surface area contributed by atoms with Gasteiger partial charge in [-0.15, -0.1) is 0 Å². The summed E-state index contributed by atoms with van der Waals surface area (Å²) in [6, 6.07) is 19.5. The van der Waals surface area contributed by atoms with Crippen molar-refractivity contribution in [2.75, 3.05) is 40.8 Å². The van der Waals surface area contributed by atoms with Crippen LogP contribution in [-0.2, 0) is 6.54 Å². The molecule has 2 unspecified atom stereocenters. The highest BCUT2D eigenvalue weighted by molar-refractivity contribution is 5.31. The first kappa shape index (κ1) is 18.0. The standard InChI is InChI=1S/C22H30N2O/c1-23(2)16-20-17-24(15-18-8-5-4-6-9-18)13-12-22(20)19-10-7-11-21(14-19)25-3/h4-11,14,20,22H,12-13,15-17H2,1-3H3. The van der Waals surface area contributed by atoms with Gasteiger partial charge < -0.3 is 9.64 Å². The van der Waals surface area contributed by atoms with E-state index in [-0.39, 0.29) is 0 Å². The van der Waals surface area contributed by atoms with Crippen molar-refractivity contribution in [2.24, 2.45) is 5.92 Å². The van der Waals surface area contributed by atoms with Crippen LogP contribution in [0.3, 0.4) is 0 Å². The number of hydrogen-bond donors (Lipinski definition) is 0. The van der Waals surface area contributed by atoms with Crippen molar-refractivity contribution in [3.05, 3.63) is 65.7 Å². The summed E-state index contributed by atoms with van der Waals surface area (Å²) in [7, 11) is 6.11. The Balaban J connectivity index is 1.73. The highest BCUT2D eigenvalue weighted by Gasteiger charge is 2.30. The summed E-state index contributed by atoms with van der Waals surface area (Å²) < 4.78 is 5.44. The number of likely N-dealkylation sites (tertiary alicyclic amines) is 1. The summed E-state index contributed by atoms with van der Waals surface area (Å²) >= 11 is 0. The van der Waals surface area contributed by atoms with E-state index in [9.17, 15) is 0 Å². The van der Waals surface area contributed by atoms with Crippen molar-refractivity contribution in [2.45, 2.75) is 18.9 Å². The summed E-state index contributed by atoms with van der Waals surface area (Å²) in [6.07, 6.45) is 1.21. The Morgan fingerprint density at radius 3 is 2.60 bits per heavy atom. The van der Waals surface area contributed by atoms with E-state index in [1.807, 2.05) is 6.07 Å². The Morgan fingerprint density at radius 1 is 1.08 bits per heavy atom. The lowest BCUT2D eigenvalue weighted by atomic mass is 9.80. The van der Waals surface area contributed by atoms with Crippen molar-refractivity contribution < 1.29 is 4.74 Å². The van der Waals surface area contributed by atoms with E-state index >= 15 is 0 Å². The summed E-state index contributed by atoms with van der Waals surface area (Å²) in [5, 5.41) is 0. The monoisotopic (exact) mass is 338 g/mol. The molecule has 0 N–H and O–H groups in total. The zero-order chi connectivity index (χ0) is 17.6. The third-order valence-electron chi connectivity index (χ3n) is 5.19. The quantitative estimate of drug-likeness (QED) is 0.795. The number of methoxy groups -OCH3 is 1. The van der Waals surface area contributed by atoms with Gasteiger partial charge in [0.25, 0.3) is 0 Å². The number of hydrogen-bond acceptors (Lipinski definition) is 3. The molecule has 1 aliphatic heterocycles. The Kier molecular flexibility index (Phi) is 6.11. The zero-order valence-electron chi connectivity index (χ0n) is 15.7. The smallest absolute Gasteiger partial charge is 0.119 e. The maximum absolute atomic E-state index is 5.44. The molecule has 0 saturated carbocycles. The molecular weight excluding hydrogens is 308 g/mol. The van der Waals surface area contributed by atoms with Crippen LogP contribution < -0.4 is 4.74 Å². The number of benzene rings is 2. The molecule has 1 fully saturated rings. The average Bonchev–Trinajstić information content (AvgIpc) is 2.62. The second kappa shape index (κ2) is 8.50. The molecular formula is C22H30N2O. The minimum atomic E-state index is 0.601. The predicted molar refractivity (Wildman–Crippen MR) is 104 cm³/mol. The molecule has 0 aliphatic carbocycles. The van der Waals surface area contributed by atoms with Gasteiger partial charge >= 0.3 is 0 Å². The van der Waals surface area contributed by atoms with Crippen molar-refractivity contribution in [1.29, 1.82) is 0 Å². The maximum Gasteiger partial charge on any atom is 0.119 e. The molecule has 3 nitrogen and oxygen atoms in total. The Morgan fingerprint density at radius 2 is 1.88 bits per heavy atom. The summed E-state index contributed by atoms with van der Waals surface area (Å²) in [5.74, 6) is 2.21. The van der Waals surface area contributed by atoms with Crippen LogP contribution in [0.25, 0.3) is 0 Å². The molecule has 2 atom stereocenters.